The second-order valence-electron chi connectivity index (χ2n) is 6.52. The van der Waals surface area contributed by atoms with E-state index < -0.39 is 0 Å². The predicted molar refractivity (Wildman–Crippen MR) is 111 cm³/mol. The Morgan fingerprint density at radius 1 is 1.26 bits per heavy atom. The molecular formula is C19H23Cl2N5O. The molecule has 1 amide bonds. The number of carbonyl (C=O) groups is 1. The number of rotatable bonds is 3. The van der Waals surface area contributed by atoms with Gasteiger partial charge in [0.2, 0.25) is 0 Å². The summed E-state index contributed by atoms with van der Waals surface area (Å²) in [5.74, 6) is -0.0927. The molecule has 6 nitrogen and oxygen atoms in total. The van der Waals surface area contributed by atoms with Gasteiger partial charge in [0.25, 0.3) is 5.91 Å². The van der Waals surface area contributed by atoms with E-state index in [0.717, 1.165) is 29.7 Å². The predicted octanol–water partition coefficient (Wildman–Crippen LogP) is 3.04. The number of hydrogen-bond acceptors (Lipinski definition) is 4. The summed E-state index contributed by atoms with van der Waals surface area (Å²) in [6, 6.07) is 10.4. The Morgan fingerprint density at radius 3 is 2.85 bits per heavy atom. The first-order chi connectivity index (χ1) is 12.1. The van der Waals surface area contributed by atoms with E-state index in [1.54, 1.807) is 0 Å². The number of nitrogens with zero attached hydrogens (tertiary/aromatic N) is 2. The van der Waals surface area contributed by atoms with Crippen LogP contribution in [-0.2, 0) is 6.42 Å². The standard InChI is InChI=1S/C19H21N5O.2ClH/c1-11-9-15(17-12(2)23-24-18(17)22-11)19(25)21-10-16-14-6-4-3-5-13(14)7-8-20-16;;/h3-6,9,16,20H,7-8,10H2,1-2H3,(H,21,25)(H,22,23,24);2*1H. The van der Waals surface area contributed by atoms with Crippen LogP contribution in [0.2, 0.25) is 0 Å². The van der Waals surface area contributed by atoms with Gasteiger partial charge in [0.15, 0.2) is 5.65 Å². The Balaban J connectivity index is 0.00000131. The Labute approximate surface area is 170 Å². The van der Waals surface area contributed by atoms with Crippen molar-refractivity contribution in [3.63, 3.8) is 0 Å². The summed E-state index contributed by atoms with van der Waals surface area (Å²) in [4.78, 5) is 17.2. The number of aryl methyl sites for hydroxylation is 2. The van der Waals surface area contributed by atoms with E-state index in [9.17, 15) is 4.79 Å². The van der Waals surface area contributed by atoms with Crippen LogP contribution in [0.15, 0.2) is 30.3 Å². The number of hydrogen-bond donors (Lipinski definition) is 3. The zero-order valence-electron chi connectivity index (χ0n) is 15.2. The van der Waals surface area contributed by atoms with Gasteiger partial charge in [-0.1, -0.05) is 24.3 Å². The molecule has 0 aliphatic carbocycles. The third-order valence-electron chi connectivity index (χ3n) is 4.76. The maximum Gasteiger partial charge on any atom is 0.252 e. The van der Waals surface area contributed by atoms with Crippen molar-refractivity contribution in [1.29, 1.82) is 0 Å². The molecule has 3 heterocycles. The number of amides is 1. The second kappa shape index (κ2) is 8.69. The fraction of sp³-hybridized carbons (Fsp3) is 0.316. The summed E-state index contributed by atoms with van der Waals surface area (Å²) in [5, 5.41) is 14.4. The van der Waals surface area contributed by atoms with E-state index in [0.29, 0.717) is 17.8 Å². The molecule has 1 aliphatic rings. The molecule has 8 heteroatoms. The molecule has 1 aromatic carbocycles. The zero-order chi connectivity index (χ0) is 17.4. The average molecular weight is 408 g/mol. The second-order valence-corrected chi connectivity index (χ2v) is 6.52. The number of nitrogens with one attached hydrogen (secondary N) is 3. The van der Waals surface area contributed by atoms with Gasteiger partial charge in [-0.2, -0.15) is 5.10 Å². The van der Waals surface area contributed by atoms with Crippen LogP contribution in [0.4, 0.5) is 0 Å². The summed E-state index contributed by atoms with van der Waals surface area (Å²) in [6.45, 7) is 5.26. The molecule has 0 bridgehead atoms. The number of fused-ring (bicyclic) bond motifs is 2. The van der Waals surface area contributed by atoms with E-state index >= 15 is 0 Å². The molecule has 4 rings (SSSR count). The van der Waals surface area contributed by atoms with Crippen molar-refractivity contribution < 1.29 is 4.79 Å². The third-order valence-corrected chi connectivity index (χ3v) is 4.76. The zero-order valence-corrected chi connectivity index (χ0v) is 16.8. The smallest absolute Gasteiger partial charge is 0.252 e. The largest absolute Gasteiger partial charge is 0.350 e. The maximum atomic E-state index is 12.8. The Bertz CT molecular complexity index is 956. The number of benzene rings is 1. The molecule has 2 aromatic heterocycles. The lowest BCUT2D eigenvalue weighted by Crippen LogP contribution is -2.38. The molecule has 3 N–H and O–H groups in total. The molecular weight excluding hydrogens is 385 g/mol. The summed E-state index contributed by atoms with van der Waals surface area (Å²) in [5.41, 5.74) is 5.47. The minimum atomic E-state index is -0.0927. The summed E-state index contributed by atoms with van der Waals surface area (Å²) in [7, 11) is 0. The lowest BCUT2D eigenvalue weighted by Gasteiger charge is -2.27. The van der Waals surface area contributed by atoms with Crippen molar-refractivity contribution in [3.8, 4) is 0 Å². The van der Waals surface area contributed by atoms with Crippen molar-refractivity contribution in [1.82, 2.24) is 25.8 Å². The van der Waals surface area contributed by atoms with Gasteiger partial charge in [-0.25, -0.2) is 4.98 Å². The highest BCUT2D eigenvalue weighted by atomic mass is 35.5. The number of pyridine rings is 1. The fourth-order valence-corrected chi connectivity index (χ4v) is 3.54. The maximum absolute atomic E-state index is 12.8. The molecule has 27 heavy (non-hydrogen) atoms. The highest BCUT2D eigenvalue weighted by Gasteiger charge is 2.21. The van der Waals surface area contributed by atoms with Crippen LogP contribution in [0, 0.1) is 13.8 Å². The number of aromatic nitrogens is 3. The van der Waals surface area contributed by atoms with Gasteiger partial charge < -0.3 is 10.6 Å². The van der Waals surface area contributed by atoms with Crippen molar-refractivity contribution in [2.75, 3.05) is 13.1 Å². The average Bonchev–Trinajstić information content (AvgIpc) is 2.99. The quantitative estimate of drug-likeness (QED) is 0.622. The van der Waals surface area contributed by atoms with Gasteiger partial charge in [-0.3, -0.25) is 9.89 Å². The number of aromatic amines is 1. The molecule has 0 saturated carbocycles. The Morgan fingerprint density at radius 2 is 2.04 bits per heavy atom. The molecule has 1 aliphatic heterocycles. The molecule has 1 unspecified atom stereocenters. The molecule has 3 aromatic rings. The first-order valence-corrected chi connectivity index (χ1v) is 8.55. The molecule has 144 valence electrons. The van der Waals surface area contributed by atoms with Gasteiger partial charge >= 0.3 is 0 Å². The molecule has 0 spiro atoms. The van der Waals surface area contributed by atoms with E-state index in [-0.39, 0.29) is 36.8 Å². The van der Waals surface area contributed by atoms with Crippen LogP contribution < -0.4 is 10.6 Å². The normalized spacial score (nSPS) is 15.4. The minimum absolute atomic E-state index is 0. The summed E-state index contributed by atoms with van der Waals surface area (Å²) in [6.07, 6.45) is 1.03. The SMILES string of the molecule is Cc1cc(C(=O)NCC2NCCc3ccccc32)c2c(C)[nH]nc2n1.Cl.Cl. The Hall–Kier alpha value is -2.15. The van der Waals surface area contributed by atoms with Gasteiger partial charge in [0, 0.05) is 24.0 Å². The highest BCUT2D eigenvalue weighted by Crippen LogP contribution is 2.23. The monoisotopic (exact) mass is 407 g/mol. The number of H-pyrrole nitrogens is 1. The summed E-state index contributed by atoms with van der Waals surface area (Å²) < 4.78 is 0. The summed E-state index contributed by atoms with van der Waals surface area (Å²) >= 11 is 0. The minimum Gasteiger partial charge on any atom is -0.350 e. The van der Waals surface area contributed by atoms with Crippen LogP contribution in [0.5, 0.6) is 0 Å². The third kappa shape index (κ3) is 4.08. The van der Waals surface area contributed by atoms with Crippen LogP contribution in [-0.4, -0.2) is 34.2 Å². The van der Waals surface area contributed by atoms with E-state index in [2.05, 4.69) is 44.0 Å². The van der Waals surface area contributed by atoms with Crippen molar-refractivity contribution in [2.24, 2.45) is 0 Å². The van der Waals surface area contributed by atoms with Crippen LogP contribution >= 0.6 is 24.8 Å². The highest BCUT2D eigenvalue weighted by molar-refractivity contribution is 6.06. The van der Waals surface area contributed by atoms with Crippen LogP contribution in [0.25, 0.3) is 11.0 Å². The van der Waals surface area contributed by atoms with Crippen LogP contribution in [0.3, 0.4) is 0 Å². The topological polar surface area (TPSA) is 82.7 Å². The lowest BCUT2D eigenvalue weighted by molar-refractivity contribution is 0.0950. The Kier molecular flexibility index (Phi) is 6.81. The van der Waals surface area contributed by atoms with Gasteiger partial charge in [-0.15, -0.1) is 24.8 Å². The van der Waals surface area contributed by atoms with Gasteiger partial charge in [0.05, 0.1) is 10.9 Å². The van der Waals surface area contributed by atoms with Crippen molar-refractivity contribution >= 4 is 41.8 Å². The first kappa shape index (κ1) is 21.2. The van der Waals surface area contributed by atoms with E-state index in [1.807, 2.05) is 26.0 Å². The number of carbonyl (C=O) groups excluding carboxylic acids is 1. The molecule has 0 saturated heterocycles. The first-order valence-electron chi connectivity index (χ1n) is 8.55. The molecule has 0 radical (unpaired) electrons. The van der Waals surface area contributed by atoms with Crippen molar-refractivity contribution in [2.45, 2.75) is 26.3 Å². The lowest BCUT2D eigenvalue weighted by atomic mass is 9.94. The fourth-order valence-electron chi connectivity index (χ4n) is 3.54. The van der Waals surface area contributed by atoms with E-state index in [1.165, 1.54) is 11.1 Å². The van der Waals surface area contributed by atoms with Gasteiger partial charge in [-0.05, 0) is 44.0 Å². The van der Waals surface area contributed by atoms with Crippen molar-refractivity contribution in [3.05, 3.63) is 58.4 Å². The molecule has 0 fully saturated rings. The van der Waals surface area contributed by atoms with Gasteiger partial charge in [0.1, 0.15) is 0 Å². The van der Waals surface area contributed by atoms with Crippen LogP contribution in [0.1, 0.15) is 38.9 Å². The molecule has 1 atom stereocenters. The number of halogens is 2. The van der Waals surface area contributed by atoms with E-state index in [4.69, 9.17) is 0 Å².